The first kappa shape index (κ1) is 19.4. The van der Waals surface area contributed by atoms with E-state index in [1.165, 1.54) is 5.56 Å². The van der Waals surface area contributed by atoms with Crippen LogP contribution in [0.5, 0.6) is 5.75 Å². The van der Waals surface area contributed by atoms with Crippen molar-refractivity contribution in [1.82, 2.24) is 9.97 Å². The van der Waals surface area contributed by atoms with Crippen LogP contribution in [0.25, 0.3) is 0 Å². The fourth-order valence-electron chi connectivity index (χ4n) is 2.86. The average Bonchev–Trinajstić information content (AvgIpc) is 2.72. The van der Waals surface area contributed by atoms with Gasteiger partial charge in [-0.1, -0.05) is 42.5 Å². The molecule has 1 amide bonds. The Balaban J connectivity index is 1.61. The van der Waals surface area contributed by atoms with Gasteiger partial charge in [-0.25, -0.2) is 9.97 Å². The van der Waals surface area contributed by atoms with Crippen molar-refractivity contribution in [1.29, 1.82) is 0 Å². The number of aromatic nitrogens is 2. The number of methoxy groups -OCH3 is 1. The van der Waals surface area contributed by atoms with Crippen LogP contribution in [0.15, 0.2) is 60.7 Å². The van der Waals surface area contributed by atoms with Crippen LogP contribution in [0.1, 0.15) is 28.3 Å². The van der Waals surface area contributed by atoms with Crippen molar-refractivity contribution in [2.75, 3.05) is 24.3 Å². The Kier molecular flexibility index (Phi) is 6.57. The molecule has 28 heavy (non-hydrogen) atoms. The first-order valence-corrected chi connectivity index (χ1v) is 9.23. The Morgan fingerprint density at radius 2 is 1.79 bits per heavy atom. The Labute approximate surface area is 165 Å². The third-order valence-corrected chi connectivity index (χ3v) is 4.22. The lowest BCUT2D eigenvalue weighted by Crippen LogP contribution is -2.16. The lowest BCUT2D eigenvalue weighted by atomic mass is 10.1. The molecule has 0 aliphatic rings. The van der Waals surface area contributed by atoms with Crippen molar-refractivity contribution in [2.45, 2.75) is 19.8 Å². The number of rotatable bonds is 8. The second-order valence-electron chi connectivity index (χ2n) is 6.36. The van der Waals surface area contributed by atoms with Crippen LogP contribution in [0.3, 0.4) is 0 Å². The van der Waals surface area contributed by atoms with Crippen LogP contribution in [-0.2, 0) is 6.42 Å². The van der Waals surface area contributed by atoms with Crippen LogP contribution in [0.2, 0.25) is 0 Å². The Morgan fingerprint density at radius 3 is 2.57 bits per heavy atom. The predicted octanol–water partition coefficient (Wildman–Crippen LogP) is 4.09. The van der Waals surface area contributed by atoms with Crippen LogP contribution in [0.4, 0.5) is 11.5 Å². The maximum Gasteiger partial charge on any atom is 0.274 e. The summed E-state index contributed by atoms with van der Waals surface area (Å²) in [5.74, 6) is 1.48. The van der Waals surface area contributed by atoms with Gasteiger partial charge in [0.25, 0.3) is 5.91 Å². The molecule has 0 fully saturated rings. The van der Waals surface area contributed by atoms with E-state index in [2.05, 4.69) is 32.7 Å². The maximum absolute atomic E-state index is 12.6. The van der Waals surface area contributed by atoms with Gasteiger partial charge in [0, 0.05) is 12.6 Å². The molecule has 144 valence electrons. The highest BCUT2D eigenvalue weighted by atomic mass is 16.5. The van der Waals surface area contributed by atoms with Gasteiger partial charge in [0.15, 0.2) is 0 Å². The van der Waals surface area contributed by atoms with E-state index in [-0.39, 0.29) is 5.91 Å². The van der Waals surface area contributed by atoms with Gasteiger partial charge in [0.1, 0.15) is 23.1 Å². The lowest BCUT2D eigenvalue weighted by molar-refractivity contribution is 0.102. The minimum absolute atomic E-state index is 0.303. The summed E-state index contributed by atoms with van der Waals surface area (Å²) < 4.78 is 5.27. The molecule has 0 saturated carbocycles. The van der Waals surface area contributed by atoms with Gasteiger partial charge < -0.3 is 15.4 Å². The Bertz CT molecular complexity index is 929. The molecule has 0 atom stereocenters. The van der Waals surface area contributed by atoms with E-state index in [1.54, 1.807) is 32.2 Å². The number of anilines is 2. The topological polar surface area (TPSA) is 76.1 Å². The average molecular weight is 376 g/mol. The number of amides is 1. The van der Waals surface area contributed by atoms with Crippen LogP contribution >= 0.6 is 0 Å². The van der Waals surface area contributed by atoms with Gasteiger partial charge >= 0.3 is 0 Å². The van der Waals surface area contributed by atoms with Crippen molar-refractivity contribution in [2.24, 2.45) is 0 Å². The fourth-order valence-corrected chi connectivity index (χ4v) is 2.86. The van der Waals surface area contributed by atoms with Crippen LogP contribution in [0, 0.1) is 6.92 Å². The standard InChI is InChI=1S/C22H24N4O2/c1-16-24-19(22(27)26-18-12-6-7-13-20(18)28-2)15-21(25-16)23-14-8-11-17-9-4-3-5-10-17/h3-7,9-10,12-13,15H,8,11,14H2,1-2H3,(H,26,27)(H,23,24,25). The van der Waals surface area contributed by atoms with Gasteiger partial charge in [-0.3, -0.25) is 4.79 Å². The molecular formula is C22H24N4O2. The van der Waals surface area contributed by atoms with E-state index in [0.29, 0.717) is 28.8 Å². The van der Waals surface area contributed by atoms with E-state index in [0.717, 1.165) is 19.4 Å². The summed E-state index contributed by atoms with van der Waals surface area (Å²) in [4.78, 5) is 21.2. The number of para-hydroxylation sites is 2. The molecule has 3 rings (SSSR count). The summed E-state index contributed by atoms with van der Waals surface area (Å²) in [5.41, 5.74) is 2.22. The number of hydrogen-bond acceptors (Lipinski definition) is 5. The largest absolute Gasteiger partial charge is 0.495 e. The monoisotopic (exact) mass is 376 g/mol. The van der Waals surface area contributed by atoms with E-state index >= 15 is 0 Å². The number of hydrogen-bond donors (Lipinski definition) is 2. The first-order chi connectivity index (χ1) is 13.7. The molecule has 0 radical (unpaired) electrons. The molecule has 2 aromatic carbocycles. The van der Waals surface area contributed by atoms with Gasteiger partial charge in [-0.05, 0) is 37.5 Å². The fraction of sp³-hybridized carbons (Fsp3) is 0.227. The van der Waals surface area contributed by atoms with Gasteiger partial charge in [0.05, 0.1) is 12.8 Å². The second kappa shape index (κ2) is 9.50. The maximum atomic E-state index is 12.6. The van der Waals surface area contributed by atoms with Gasteiger partial charge in [0.2, 0.25) is 0 Å². The highest BCUT2D eigenvalue weighted by Crippen LogP contribution is 2.23. The molecule has 6 nitrogen and oxygen atoms in total. The molecule has 0 unspecified atom stereocenters. The van der Waals surface area contributed by atoms with Crippen LogP contribution in [-0.4, -0.2) is 29.5 Å². The predicted molar refractivity (Wildman–Crippen MR) is 111 cm³/mol. The normalized spacial score (nSPS) is 10.4. The number of carbonyl (C=O) groups is 1. The zero-order valence-electron chi connectivity index (χ0n) is 16.1. The van der Waals surface area contributed by atoms with E-state index in [9.17, 15) is 4.79 Å². The minimum Gasteiger partial charge on any atom is -0.495 e. The summed E-state index contributed by atoms with van der Waals surface area (Å²) in [6.07, 6.45) is 1.95. The Morgan fingerprint density at radius 1 is 1.04 bits per heavy atom. The zero-order chi connectivity index (χ0) is 19.8. The molecular weight excluding hydrogens is 352 g/mol. The zero-order valence-corrected chi connectivity index (χ0v) is 16.1. The van der Waals surface area contributed by atoms with Crippen molar-refractivity contribution in [3.63, 3.8) is 0 Å². The number of carbonyl (C=O) groups excluding carboxylic acids is 1. The molecule has 6 heteroatoms. The summed E-state index contributed by atoms with van der Waals surface area (Å²) in [6.45, 7) is 2.54. The summed E-state index contributed by atoms with van der Waals surface area (Å²) in [6, 6.07) is 19.3. The molecule has 0 spiro atoms. The van der Waals surface area contributed by atoms with E-state index in [1.807, 2.05) is 30.3 Å². The summed E-state index contributed by atoms with van der Waals surface area (Å²) >= 11 is 0. The minimum atomic E-state index is -0.303. The van der Waals surface area contributed by atoms with Gasteiger partial charge in [-0.15, -0.1) is 0 Å². The molecule has 3 aromatic rings. The molecule has 0 bridgehead atoms. The highest BCUT2D eigenvalue weighted by molar-refractivity contribution is 6.04. The molecule has 0 aliphatic carbocycles. The number of nitrogens with zero attached hydrogens (tertiary/aromatic N) is 2. The number of aryl methyl sites for hydroxylation is 2. The number of ether oxygens (including phenoxy) is 1. The smallest absolute Gasteiger partial charge is 0.274 e. The van der Waals surface area contributed by atoms with Crippen LogP contribution < -0.4 is 15.4 Å². The Hall–Kier alpha value is -3.41. The first-order valence-electron chi connectivity index (χ1n) is 9.23. The molecule has 0 aliphatic heterocycles. The van der Waals surface area contributed by atoms with E-state index < -0.39 is 0 Å². The summed E-state index contributed by atoms with van der Waals surface area (Å²) in [5, 5.41) is 6.12. The molecule has 0 saturated heterocycles. The SMILES string of the molecule is COc1ccccc1NC(=O)c1cc(NCCCc2ccccc2)nc(C)n1. The van der Waals surface area contributed by atoms with E-state index in [4.69, 9.17) is 4.74 Å². The number of nitrogens with one attached hydrogen (secondary N) is 2. The molecule has 1 aromatic heterocycles. The highest BCUT2D eigenvalue weighted by Gasteiger charge is 2.13. The van der Waals surface area contributed by atoms with Crippen molar-refractivity contribution >= 4 is 17.4 Å². The quantitative estimate of drug-likeness (QED) is 0.579. The van der Waals surface area contributed by atoms with Crippen molar-refractivity contribution in [3.8, 4) is 5.75 Å². The number of benzene rings is 2. The molecule has 1 heterocycles. The third-order valence-electron chi connectivity index (χ3n) is 4.22. The molecule has 2 N–H and O–H groups in total. The third kappa shape index (κ3) is 5.30. The lowest BCUT2D eigenvalue weighted by Gasteiger charge is -2.11. The van der Waals surface area contributed by atoms with Gasteiger partial charge in [-0.2, -0.15) is 0 Å². The second-order valence-corrected chi connectivity index (χ2v) is 6.36. The summed E-state index contributed by atoms with van der Waals surface area (Å²) in [7, 11) is 1.57. The van der Waals surface area contributed by atoms with Crippen molar-refractivity contribution < 1.29 is 9.53 Å². The van der Waals surface area contributed by atoms with Crippen molar-refractivity contribution in [3.05, 3.63) is 77.7 Å².